The van der Waals surface area contributed by atoms with Crippen molar-refractivity contribution in [3.05, 3.63) is 30.3 Å². The quantitative estimate of drug-likeness (QED) is 0.635. The number of thiocarbonyl (C=S) groups is 1. The average molecular weight is 329 g/mol. The van der Waals surface area contributed by atoms with Gasteiger partial charge in [-0.3, -0.25) is 9.69 Å². The van der Waals surface area contributed by atoms with Gasteiger partial charge in [0.2, 0.25) is 5.91 Å². The zero-order valence-electron chi connectivity index (χ0n) is 10.6. The van der Waals surface area contributed by atoms with E-state index in [1.807, 2.05) is 30.3 Å². The van der Waals surface area contributed by atoms with Crippen molar-refractivity contribution in [2.24, 2.45) is 5.92 Å². The Morgan fingerprint density at radius 2 is 1.90 bits per heavy atom. The van der Waals surface area contributed by atoms with Crippen LogP contribution in [0.25, 0.3) is 0 Å². The van der Waals surface area contributed by atoms with Crippen LogP contribution in [0.5, 0.6) is 0 Å². The number of fused-ring (bicyclic) bond motifs is 1. The minimum Gasteiger partial charge on any atom is -0.357 e. The minimum atomic E-state index is -0.222. The van der Waals surface area contributed by atoms with Crippen LogP contribution in [0.2, 0.25) is 0 Å². The van der Waals surface area contributed by atoms with Crippen LogP contribution in [0, 0.1) is 5.92 Å². The third-order valence-corrected chi connectivity index (χ3v) is 4.97. The Morgan fingerprint density at radius 1 is 1.20 bits per heavy atom. The van der Waals surface area contributed by atoms with Gasteiger partial charge < -0.3 is 5.32 Å². The van der Waals surface area contributed by atoms with E-state index >= 15 is 0 Å². The molecule has 1 saturated carbocycles. The molecule has 3 rings (SSSR count). The molecule has 0 bridgehead atoms. The normalized spacial score (nSPS) is 33.6. The Kier molecular flexibility index (Phi) is 3.89. The fraction of sp³-hybridized carbons (Fsp3) is 0.429. The molecule has 106 valence electrons. The molecule has 1 saturated heterocycles. The smallest absolute Gasteiger partial charge is 0.238 e. The van der Waals surface area contributed by atoms with Crippen molar-refractivity contribution < 1.29 is 4.79 Å². The second kappa shape index (κ2) is 5.51. The minimum absolute atomic E-state index is 0.0130. The van der Waals surface area contributed by atoms with E-state index in [4.69, 9.17) is 35.4 Å². The third-order valence-electron chi connectivity index (χ3n) is 3.86. The molecule has 6 heteroatoms. The van der Waals surface area contributed by atoms with Crippen molar-refractivity contribution in [2.45, 2.75) is 29.6 Å². The molecule has 1 amide bonds. The molecule has 0 spiro atoms. The van der Waals surface area contributed by atoms with Gasteiger partial charge in [-0.05, 0) is 37.2 Å². The molecular weight excluding hydrogens is 315 g/mol. The number of amides is 1. The predicted octanol–water partition coefficient (Wildman–Crippen LogP) is 2.90. The van der Waals surface area contributed by atoms with Gasteiger partial charge in [-0.15, -0.1) is 23.2 Å². The SMILES string of the molecule is O=C1C2CC(Cl)CC(Cl)C2NC(=S)N1c1ccccc1. The van der Waals surface area contributed by atoms with Crippen LogP contribution >= 0.6 is 35.4 Å². The molecule has 1 aromatic carbocycles. The maximum Gasteiger partial charge on any atom is 0.238 e. The molecule has 1 aromatic rings. The van der Waals surface area contributed by atoms with Gasteiger partial charge in [-0.1, -0.05) is 18.2 Å². The molecule has 4 atom stereocenters. The number of carbonyl (C=O) groups excluding carboxylic acids is 1. The van der Waals surface area contributed by atoms with E-state index in [2.05, 4.69) is 5.32 Å². The van der Waals surface area contributed by atoms with E-state index in [0.29, 0.717) is 18.0 Å². The average Bonchev–Trinajstić information content (AvgIpc) is 2.42. The number of rotatable bonds is 1. The number of anilines is 1. The van der Waals surface area contributed by atoms with Crippen LogP contribution in [0.15, 0.2) is 30.3 Å². The summed E-state index contributed by atoms with van der Waals surface area (Å²) >= 11 is 17.9. The summed E-state index contributed by atoms with van der Waals surface area (Å²) in [6, 6.07) is 9.28. The number of halogens is 2. The first kappa shape index (κ1) is 14.1. The van der Waals surface area contributed by atoms with E-state index < -0.39 is 0 Å². The van der Waals surface area contributed by atoms with Gasteiger partial charge in [0.1, 0.15) is 0 Å². The summed E-state index contributed by atoms with van der Waals surface area (Å²) < 4.78 is 0. The number of benzene rings is 1. The Labute approximate surface area is 133 Å². The fourth-order valence-corrected chi connectivity index (χ4v) is 4.16. The van der Waals surface area contributed by atoms with Crippen LogP contribution < -0.4 is 10.2 Å². The molecule has 1 N–H and O–H groups in total. The Hall–Kier alpha value is -0.840. The van der Waals surface area contributed by atoms with E-state index in [-0.39, 0.29) is 28.6 Å². The lowest BCUT2D eigenvalue weighted by Gasteiger charge is -2.44. The second-order valence-corrected chi connectivity index (χ2v) is 6.74. The third kappa shape index (κ3) is 2.41. The van der Waals surface area contributed by atoms with Crippen molar-refractivity contribution in [1.29, 1.82) is 0 Å². The van der Waals surface area contributed by atoms with Gasteiger partial charge in [0.25, 0.3) is 0 Å². The Balaban J connectivity index is 1.92. The molecule has 20 heavy (non-hydrogen) atoms. The zero-order chi connectivity index (χ0) is 14.3. The molecule has 2 fully saturated rings. The standard InChI is InChI=1S/C14H14Cl2N2OS/c15-8-6-10-12(11(16)7-8)17-14(20)18(13(10)19)9-4-2-1-3-5-9/h1-5,8,10-12H,6-7H2,(H,17,20). The number of para-hydroxylation sites is 1. The highest BCUT2D eigenvalue weighted by Gasteiger charge is 2.46. The molecule has 0 radical (unpaired) electrons. The highest BCUT2D eigenvalue weighted by molar-refractivity contribution is 7.80. The lowest BCUT2D eigenvalue weighted by Crippen LogP contribution is -2.64. The first-order chi connectivity index (χ1) is 9.58. The topological polar surface area (TPSA) is 32.3 Å². The monoisotopic (exact) mass is 328 g/mol. The van der Waals surface area contributed by atoms with E-state index in [9.17, 15) is 4.79 Å². The zero-order valence-corrected chi connectivity index (χ0v) is 13.0. The highest BCUT2D eigenvalue weighted by atomic mass is 35.5. The van der Waals surface area contributed by atoms with Gasteiger partial charge in [0, 0.05) is 5.38 Å². The molecular formula is C14H14Cl2N2OS. The maximum atomic E-state index is 12.7. The van der Waals surface area contributed by atoms with Gasteiger partial charge in [0.15, 0.2) is 5.11 Å². The van der Waals surface area contributed by atoms with Crippen LogP contribution in [0.3, 0.4) is 0 Å². The molecule has 2 aliphatic rings. The van der Waals surface area contributed by atoms with Crippen molar-refractivity contribution in [3.8, 4) is 0 Å². The number of hydrogen-bond donors (Lipinski definition) is 1. The van der Waals surface area contributed by atoms with E-state index in [0.717, 1.165) is 5.69 Å². The van der Waals surface area contributed by atoms with Gasteiger partial charge in [-0.2, -0.15) is 0 Å². The van der Waals surface area contributed by atoms with Crippen molar-refractivity contribution in [1.82, 2.24) is 5.32 Å². The van der Waals surface area contributed by atoms with Crippen LogP contribution in [-0.2, 0) is 4.79 Å². The summed E-state index contributed by atoms with van der Waals surface area (Å²) in [4.78, 5) is 14.3. The number of alkyl halides is 2. The molecule has 3 nitrogen and oxygen atoms in total. The van der Waals surface area contributed by atoms with Gasteiger partial charge >= 0.3 is 0 Å². The first-order valence-electron chi connectivity index (χ1n) is 6.55. The Morgan fingerprint density at radius 3 is 2.60 bits per heavy atom. The number of hydrogen-bond acceptors (Lipinski definition) is 2. The predicted molar refractivity (Wildman–Crippen MR) is 85.5 cm³/mol. The fourth-order valence-electron chi connectivity index (χ4n) is 2.90. The largest absolute Gasteiger partial charge is 0.357 e. The van der Waals surface area contributed by atoms with Crippen molar-refractivity contribution in [3.63, 3.8) is 0 Å². The lowest BCUT2D eigenvalue weighted by atomic mass is 9.81. The molecule has 0 aromatic heterocycles. The number of nitrogens with zero attached hydrogens (tertiary/aromatic N) is 1. The summed E-state index contributed by atoms with van der Waals surface area (Å²) in [5.74, 6) is -0.235. The van der Waals surface area contributed by atoms with Gasteiger partial charge in [-0.25, -0.2) is 0 Å². The number of carbonyl (C=O) groups is 1. The lowest BCUT2D eigenvalue weighted by molar-refractivity contribution is -0.123. The van der Waals surface area contributed by atoms with Crippen LogP contribution in [-0.4, -0.2) is 27.8 Å². The molecule has 1 heterocycles. The summed E-state index contributed by atoms with van der Waals surface area (Å²) in [5.41, 5.74) is 0.774. The first-order valence-corrected chi connectivity index (χ1v) is 7.83. The summed E-state index contributed by atoms with van der Waals surface area (Å²) in [6.45, 7) is 0. The van der Waals surface area contributed by atoms with Crippen LogP contribution in [0.1, 0.15) is 12.8 Å². The summed E-state index contributed by atoms with van der Waals surface area (Å²) in [5, 5.41) is 3.40. The van der Waals surface area contributed by atoms with E-state index in [1.165, 1.54) is 0 Å². The molecule has 1 aliphatic carbocycles. The summed E-state index contributed by atoms with van der Waals surface area (Å²) in [6.07, 6.45) is 1.33. The molecule has 4 unspecified atom stereocenters. The van der Waals surface area contributed by atoms with E-state index in [1.54, 1.807) is 4.90 Å². The summed E-state index contributed by atoms with van der Waals surface area (Å²) in [7, 11) is 0. The number of nitrogens with one attached hydrogen (secondary N) is 1. The van der Waals surface area contributed by atoms with Gasteiger partial charge in [0.05, 0.1) is 23.0 Å². The Bertz CT molecular complexity index is 539. The second-order valence-electron chi connectivity index (χ2n) is 5.18. The van der Waals surface area contributed by atoms with Crippen LogP contribution in [0.4, 0.5) is 5.69 Å². The van der Waals surface area contributed by atoms with Crippen molar-refractivity contribution >= 4 is 52.1 Å². The van der Waals surface area contributed by atoms with Crippen molar-refractivity contribution in [2.75, 3.05) is 4.90 Å². The maximum absolute atomic E-state index is 12.7. The molecule has 1 aliphatic heterocycles. The highest BCUT2D eigenvalue weighted by Crippen LogP contribution is 2.36.